The van der Waals surface area contributed by atoms with Crippen molar-refractivity contribution in [1.82, 2.24) is 15.2 Å². The lowest BCUT2D eigenvalue weighted by Gasteiger charge is -2.34. The van der Waals surface area contributed by atoms with Gasteiger partial charge in [-0.15, -0.1) is 11.3 Å². The molecule has 5 nitrogen and oxygen atoms in total. The van der Waals surface area contributed by atoms with E-state index in [1.54, 1.807) is 23.1 Å². The molecule has 0 radical (unpaired) electrons. The van der Waals surface area contributed by atoms with Crippen molar-refractivity contribution in [3.63, 3.8) is 0 Å². The lowest BCUT2D eigenvalue weighted by Crippen LogP contribution is -2.48. The van der Waals surface area contributed by atoms with E-state index in [1.807, 2.05) is 36.6 Å². The van der Waals surface area contributed by atoms with Gasteiger partial charge < -0.3 is 10.1 Å². The van der Waals surface area contributed by atoms with Gasteiger partial charge in [-0.1, -0.05) is 43.8 Å². The molecule has 1 fully saturated rings. The number of rotatable bonds is 8. The van der Waals surface area contributed by atoms with Gasteiger partial charge in [0, 0.05) is 48.6 Å². The third kappa shape index (κ3) is 6.30. The SMILES string of the molecule is Cc1csc(SCc2ccccc2C(=O)NCC2CN(CC(C)C)CCO2)n1. The minimum absolute atomic E-state index is 0.0314. The van der Waals surface area contributed by atoms with E-state index in [1.165, 1.54) is 0 Å². The van der Waals surface area contributed by atoms with E-state index in [0.717, 1.165) is 53.2 Å². The van der Waals surface area contributed by atoms with Gasteiger partial charge in [0.1, 0.15) is 4.34 Å². The number of nitrogens with one attached hydrogen (secondary N) is 1. The van der Waals surface area contributed by atoms with Crippen molar-refractivity contribution in [3.8, 4) is 0 Å². The molecule has 2 aromatic rings. The van der Waals surface area contributed by atoms with Gasteiger partial charge in [-0.25, -0.2) is 4.98 Å². The molecular weight excluding hydrogens is 390 g/mol. The maximum Gasteiger partial charge on any atom is 0.251 e. The number of amides is 1. The van der Waals surface area contributed by atoms with E-state index in [2.05, 4.69) is 29.0 Å². The zero-order chi connectivity index (χ0) is 19.9. The summed E-state index contributed by atoms with van der Waals surface area (Å²) in [6.45, 7) is 10.6. The van der Waals surface area contributed by atoms with Crippen LogP contribution in [0.2, 0.25) is 0 Å². The molecular formula is C21H29N3O2S2. The van der Waals surface area contributed by atoms with E-state index in [-0.39, 0.29) is 12.0 Å². The number of aryl methyl sites for hydroxylation is 1. The molecule has 1 aliphatic rings. The summed E-state index contributed by atoms with van der Waals surface area (Å²) in [6.07, 6.45) is 0.0521. The average Bonchev–Trinajstić information content (AvgIpc) is 3.10. The third-order valence-corrected chi connectivity index (χ3v) is 6.74. The Bertz CT molecular complexity index is 779. The molecule has 3 rings (SSSR count). The van der Waals surface area contributed by atoms with Crippen molar-refractivity contribution < 1.29 is 9.53 Å². The Balaban J connectivity index is 1.54. The summed E-state index contributed by atoms with van der Waals surface area (Å²) in [5.74, 6) is 1.34. The van der Waals surface area contributed by atoms with Gasteiger partial charge in [0.15, 0.2) is 0 Å². The lowest BCUT2D eigenvalue weighted by molar-refractivity contribution is -0.0295. The summed E-state index contributed by atoms with van der Waals surface area (Å²) in [4.78, 5) is 19.7. The largest absolute Gasteiger partial charge is 0.374 e. The second-order valence-electron chi connectivity index (χ2n) is 7.56. The molecule has 7 heteroatoms. The predicted molar refractivity (Wildman–Crippen MR) is 116 cm³/mol. The van der Waals surface area contributed by atoms with E-state index >= 15 is 0 Å². The van der Waals surface area contributed by atoms with Gasteiger partial charge in [-0.05, 0) is 24.5 Å². The number of carbonyl (C=O) groups is 1. The summed E-state index contributed by atoms with van der Waals surface area (Å²) in [7, 11) is 0. The Labute approximate surface area is 175 Å². The molecule has 1 unspecified atom stereocenters. The molecule has 28 heavy (non-hydrogen) atoms. The highest BCUT2D eigenvalue weighted by molar-refractivity contribution is 8.00. The third-order valence-electron chi connectivity index (χ3n) is 4.55. The van der Waals surface area contributed by atoms with Crippen LogP contribution >= 0.6 is 23.1 Å². The molecule has 2 heterocycles. The van der Waals surface area contributed by atoms with Crippen LogP contribution in [-0.4, -0.2) is 54.7 Å². The fraction of sp³-hybridized carbons (Fsp3) is 0.524. The quantitative estimate of drug-likeness (QED) is 0.659. The van der Waals surface area contributed by atoms with Crippen LogP contribution < -0.4 is 5.32 Å². The van der Waals surface area contributed by atoms with E-state index in [4.69, 9.17) is 4.74 Å². The molecule has 1 N–H and O–H groups in total. The van der Waals surface area contributed by atoms with Crippen molar-refractivity contribution in [2.75, 3.05) is 32.8 Å². The van der Waals surface area contributed by atoms with Crippen LogP contribution in [0, 0.1) is 12.8 Å². The van der Waals surface area contributed by atoms with E-state index in [0.29, 0.717) is 12.5 Å². The van der Waals surface area contributed by atoms with Gasteiger partial charge in [-0.2, -0.15) is 0 Å². The average molecular weight is 420 g/mol. The highest BCUT2D eigenvalue weighted by Gasteiger charge is 2.22. The minimum Gasteiger partial charge on any atom is -0.374 e. The van der Waals surface area contributed by atoms with Crippen molar-refractivity contribution in [2.45, 2.75) is 37.0 Å². The summed E-state index contributed by atoms with van der Waals surface area (Å²) in [6, 6.07) is 7.81. The van der Waals surface area contributed by atoms with Crippen molar-refractivity contribution in [3.05, 3.63) is 46.5 Å². The molecule has 1 saturated heterocycles. The minimum atomic E-state index is -0.0314. The molecule has 0 spiro atoms. The second kappa shape index (κ2) is 10.4. The molecule has 0 aliphatic carbocycles. The molecule has 1 aliphatic heterocycles. The molecule has 1 amide bonds. The van der Waals surface area contributed by atoms with Crippen LogP contribution in [0.4, 0.5) is 0 Å². The zero-order valence-electron chi connectivity index (χ0n) is 16.8. The van der Waals surface area contributed by atoms with Gasteiger partial charge >= 0.3 is 0 Å². The number of benzene rings is 1. The number of hydrogen-bond donors (Lipinski definition) is 1. The summed E-state index contributed by atoms with van der Waals surface area (Å²) >= 11 is 3.32. The number of carbonyl (C=O) groups excluding carboxylic acids is 1. The van der Waals surface area contributed by atoms with Crippen LogP contribution in [0.5, 0.6) is 0 Å². The maximum atomic E-state index is 12.8. The normalized spacial score (nSPS) is 17.8. The standard InChI is InChI=1S/C21H29N3O2S2/c1-15(2)11-24-8-9-26-18(12-24)10-22-20(25)19-7-5-4-6-17(19)14-28-21-23-16(3)13-27-21/h4-7,13,15,18H,8-12,14H2,1-3H3,(H,22,25). The Morgan fingerprint density at radius 1 is 1.43 bits per heavy atom. The first-order valence-electron chi connectivity index (χ1n) is 9.76. The number of thioether (sulfide) groups is 1. The maximum absolute atomic E-state index is 12.8. The number of ether oxygens (including phenoxy) is 1. The van der Waals surface area contributed by atoms with Crippen LogP contribution in [-0.2, 0) is 10.5 Å². The summed E-state index contributed by atoms with van der Waals surface area (Å²) in [5, 5.41) is 5.12. The molecule has 1 aromatic carbocycles. The number of nitrogens with zero attached hydrogens (tertiary/aromatic N) is 2. The molecule has 1 aromatic heterocycles. The summed E-state index contributed by atoms with van der Waals surface area (Å²) < 4.78 is 6.88. The van der Waals surface area contributed by atoms with Gasteiger partial charge in [0.25, 0.3) is 5.91 Å². The molecule has 0 bridgehead atoms. The Hall–Kier alpha value is -1.41. The van der Waals surface area contributed by atoms with Crippen molar-refractivity contribution in [2.24, 2.45) is 5.92 Å². The molecule has 152 valence electrons. The lowest BCUT2D eigenvalue weighted by atomic mass is 10.1. The first kappa shape index (κ1) is 21.3. The monoisotopic (exact) mass is 419 g/mol. The van der Waals surface area contributed by atoms with E-state index in [9.17, 15) is 4.79 Å². The number of aromatic nitrogens is 1. The Morgan fingerprint density at radius 3 is 3.00 bits per heavy atom. The van der Waals surface area contributed by atoms with Crippen molar-refractivity contribution >= 4 is 29.0 Å². The zero-order valence-corrected chi connectivity index (χ0v) is 18.4. The highest BCUT2D eigenvalue weighted by Crippen LogP contribution is 2.27. The highest BCUT2D eigenvalue weighted by atomic mass is 32.2. The van der Waals surface area contributed by atoms with Gasteiger partial charge in [-0.3, -0.25) is 9.69 Å². The van der Waals surface area contributed by atoms with Crippen LogP contribution in [0.3, 0.4) is 0 Å². The van der Waals surface area contributed by atoms with Gasteiger partial charge in [0.05, 0.1) is 12.7 Å². The predicted octanol–water partition coefficient (Wildman–Crippen LogP) is 3.83. The van der Waals surface area contributed by atoms with Crippen LogP contribution in [0.25, 0.3) is 0 Å². The Kier molecular flexibility index (Phi) is 7.91. The van der Waals surface area contributed by atoms with Crippen LogP contribution in [0.15, 0.2) is 34.0 Å². The first-order valence-corrected chi connectivity index (χ1v) is 11.6. The van der Waals surface area contributed by atoms with Crippen LogP contribution in [0.1, 0.15) is 35.5 Å². The number of morpholine rings is 1. The van der Waals surface area contributed by atoms with Crippen molar-refractivity contribution in [1.29, 1.82) is 0 Å². The topological polar surface area (TPSA) is 54.5 Å². The fourth-order valence-corrected chi connectivity index (χ4v) is 5.15. The first-order chi connectivity index (χ1) is 13.5. The second-order valence-corrected chi connectivity index (χ2v) is 9.64. The molecule has 1 atom stereocenters. The smallest absolute Gasteiger partial charge is 0.251 e. The fourth-order valence-electron chi connectivity index (χ4n) is 3.29. The number of thiazole rings is 1. The van der Waals surface area contributed by atoms with Gasteiger partial charge in [0.2, 0.25) is 0 Å². The van der Waals surface area contributed by atoms with E-state index < -0.39 is 0 Å². The molecule has 0 saturated carbocycles. The number of hydrogen-bond acceptors (Lipinski definition) is 6. The summed E-state index contributed by atoms with van der Waals surface area (Å²) in [5.41, 5.74) is 2.81. The Morgan fingerprint density at radius 2 is 2.25 bits per heavy atom.